The summed E-state index contributed by atoms with van der Waals surface area (Å²) in [5.74, 6) is 1.38. The van der Waals surface area contributed by atoms with Crippen LogP contribution in [0.2, 0.25) is 5.02 Å². The van der Waals surface area contributed by atoms with Crippen molar-refractivity contribution in [2.75, 3.05) is 17.2 Å². The van der Waals surface area contributed by atoms with Crippen molar-refractivity contribution < 1.29 is 9.53 Å². The van der Waals surface area contributed by atoms with Gasteiger partial charge < -0.3 is 15.4 Å². The molecule has 33 heavy (non-hydrogen) atoms. The summed E-state index contributed by atoms with van der Waals surface area (Å²) in [5.41, 5.74) is 3.47. The highest BCUT2D eigenvalue weighted by molar-refractivity contribution is 6.30. The van der Waals surface area contributed by atoms with Crippen LogP contribution in [0.3, 0.4) is 0 Å². The molecule has 0 aliphatic heterocycles. The summed E-state index contributed by atoms with van der Waals surface area (Å²) < 4.78 is 5.61. The summed E-state index contributed by atoms with van der Waals surface area (Å²) in [5, 5.41) is 6.84. The Hall–Kier alpha value is -3.90. The highest BCUT2D eigenvalue weighted by Gasteiger charge is 2.05. The third-order valence-corrected chi connectivity index (χ3v) is 5.06. The Bertz CT molecular complexity index is 1180. The molecular weight excluding hydrogens is 436 g/mol. The van der Waals surface area contributed by atoms with Crippen LogP contribution >= 0.6 is 11.6 Å². The number of carbonyl (C=O) groups excluding carboxylic acids is 1. The predicted octanol–water partition coefficient (Wildman–Crippen LogP) is 6.34. The molecule has 0 aliphatic carbocycles. The third kappa shape index (κ3) is 6.79. The molecule has 0 saturated heterocycles. The lowest BCUT2D eigenvalue weighted by Crippen LogP contribution is -2.12. The van der Waals surface area contributed by atoms with E-state index in [1.54, 1.807) is 12.1 Å². The minimum absolute atomic E-state index is 0.0567. The van der Waals surface area contributed by atoms with E-state index < -0.39 is 0 Å². The molecule has 0 bridgehead atoms. The summed E-state index contributed by atoms with van der Waals surface area (Å²) in [6, 6.07) is 26.5. The number of benzene rings is 3. The number of rotatable bonds is 9. The van der Waals surface area contributed by atoms with Crippen LogP contribution in [0.5, 0.6) is 5.75 Å². The molecule has 1 amide bonds. The van der Waals surface area contributed by atoms with E-state index in [9.17, 15) is 4.79 Å². The molecule has 1 heterocycles. The van der Waals surface area contributed by atoms with E-state index in [0.717, 1.165) is 28.4 Å². The zero-order chi connectivity index (χ0) is 22.9. The fourth-order valence-electron chi connectivity index (χ4n) is 3.15. The van der Waals surface area contributed by atoms with E-state index in [2.05, 4.69) is 20.6 Å². The van der Waals surface area contributed by atoms with Gasteiger partial charge >= 0.3 is 0 Å². The number of hydrogen-bond donors (Lipinski definition) is 2. The van der Waals surface area contributed by atoms with Gasteiger partial charge in [0.15, 0.2) is 0 Å². The van der Waals surface area contributed by atoms with Crippen molar-refractivity contribution in [1.82, 2.24) is 9.97 Å². The molecule has 0 aliphatic rings. The van der Waals surface area contributed by atoms with Crippen LogP contribution in [0.25, 0.3) is 11.3 Å². The van der Waals surface area contributed by atoms with E-state index in [4.69, 9.17) is 16.3 Å². The number of hydrogen-bond acceptors (Lipinski definition) is 5. The smallest absolute Gasteiger partial charge is 0.224 e. The third-order valence-electron chi connectivity index (χ3n) is 4.81. The Morgan fingerprint density at radius 2 is 1.61 bits per heavy atom. The van der Waals surface area contributed by atoms with Crippen LogP contribution < -0.4 is 15.4 Å². The zero-order valence-electron chi connectivity index (χ0n) is 17.9. The second-order valence-electron chi connectivity index (χ2n) is 7.31. The topological polar surface area (TPSA) is 76.1 Å². The molecule has 4 rings (SSSR count). The van der Waals surface area contributed by atoms with Crippen molar-refractivity contribution in [2.24, 2.45) is 0 Å². The van der Waals surface area contributed by atoms with Gasteiger partial charge in [-0.3, -0.25) is 4.79 Å². The Kier molecular flexibility index (Phi) is 7.51. The minimum Gasteiger partial charge on any atom is -0.494 e. The Balaban J connectivity index is 1.24. The van der Waals surface area contributed by atoms with Gasteiger partial charge in [-0.15, -0.1) is 0 Å². The van der Waals surface area contributed by atoms with Gasteiger partial charge in [0.05, 0.1) is 12.3 Å². The Labute approximate surface area is 197 Å². The molecule has 7 heteroatoms. The highest BCUT2D eigenvalue weighted by Crippen LogP contribution is 2.22. The number of ether oxygens (including phenoxy) is 1. The van der Waals surface area contributed by atoms with Gasteiger partial charge in [0.1, 0.15) is 17.9 Å². The first-order chi connectivity index (χ1) is 16.2. The molecule has 0 atom stereocenters. The van der Waals surface area contributed by atoms with Crippen LogP contribution in [-0.2, 0) is 4.79 Å². The van der Waals surface area contributed by atoms with Gasteiger partial charge in [0.25, 0.3) is 0 Å². The first-order valence-corrected chi connectivity index (χ1v) is 11.0. The van der Waals surface area contributed by atoms with Crippen molar-refractivity contribution in [3.8, 4) is 17.0 Å². The maximum absolute atomic E-state index is 12.2. The standard InChI is InChI=1S/C26H23ClN4O2/c27-20-8-14-23(15-9-20)33-16-4-7-26(32)31-22-12-10-21(11-13-22)30-25-17-24(28-18-29-25)19-5-2-1-3-6-19/h1-3,5-6,8-15,17-18H,4,7,16H2,(H,31,32)(H,28,29,30). The largest absolute Gasteiger partial charge is 0.494 e. The molecule has 1 aromatic heterocycles. The minimum atomic E-state index is -0.0567. The Morgan fingerprint density at radius 1 is 0.879 bits per heavy atom. The summed E-state index contributed by atoms with van der Waals surface area (Å²) in [7, 11) is 0. The predicted molar refractivity (Wildman–Crippen MR) is 132 cm³/mol. The monoisotopic (exact) mass is 458 g/mol. The maximum Gasteiger partial charge on any atom is 0.224 e. The molecule has 4 aromatic rings. The Morgan fingerprint density at radius 3 is 2.36 bits per heavy atom. The molecule has 3 aromatic carbocycles. The molecule has 0 spiro atoms. The van der Waals surface area contributed by atoms with Crippen molar-refractivity contribution in [3.63, 3.8) is 0 Å². The second-order valence-corrected chi connectivity index (χ2v) is 7.75. The number of nitrogens with one attached hydrogen (secondary N) is 2. The molecule has 0 saturated carbocycles. The summed E-state index contributed by atoms with van der Waals surface area (Å²) in [6.45, 7) is 0.460. The quantitative estimate of drug-likeness (QED) is 0.286. The summed E-state index contributed by atoms with van der Waals surface area (Å²) in [6.07, 6.45) is 2.53. The number of halogens is 1. The summed E-state index contributed by atoms with van der Waals surface area (Å²) in [4.78, 5) is 20.8. The van der Waals surface area contributed by atoms with Gasteiger partial charge in [-0.05, 0) is 55.0 Å². The van der Waals surface area contributed by atoms with Gasteiger partial charge in [-0.2, -0.15) is 0 Å². The van der Waals surface area contributed by atoms with Gasteiger partial charge in [0.2, 0.25) is 5.91 Å². The van der Waals surface area contributed by atoms with Gasteiger partial charge in [0, 0.05) is 34.4 Å². The fraction of sp³-hybridized carbons (Fsp3) is 0.115. The molecule has 166 valence electrons. The van der Waals surface area contributed by atoms with Crippen LogP contribution in [0, 0.1) is 0 Å². The van der Waals surface area contributed by atoms with Crippen LogP contribution in [0.15, 0.2) is 91.3 Å². The molecule has 0 radical (unpaired) electrons. The van der Waals surface area contributed by atoms with E-state index in [-0.39, 0.29) is 5.91 Å². The molecule has 6 nitrogen and oxygen atoms in total. The molecule has 0 fully saturated rings. The van der Waals surface area contributed by atoms with Crippen LogP contribution in [-0.4, -0.2) is 22.5 Å². The second kappa shape index (κ2) is 11.1. The normalized spacial score (nSPS) is 10.5. The van der Waals surface area contributed by atoms with Crippen LogP contribution in [0.4, 0.5) is 17.2 Å². The number of nitrogens with zero attached hydrogens (tertiary/aromatic N) is 2. The number of anilines is 3. The first kappa shape index (κ1) is 22.3. The lowest BCUT2D eigenvalue weighted by molar-refractivity contribution is -0.116. The maximum atomic E-state index is 12.2. The van der Waals surface area contributed by atoms with Crippen molar-refractivity contribution >= 4 is 34.7 Å². The lowest BCUT2D eigenvalue weighted by atomic mass is 10.1. The summed E-state index contributed by atoms with van der Waals surface area (Å²) >= 11 is 5.85. The van der Waals surface area contributed by atoms with Crippen molar-refractivity contribution in [1.29, 1.82) is 0 Å². The first-order valence-electron chi connectivity index (χ1n) is 10.6. The average Bonchev–Trinajstić information content (AvgIpc) is 2.85. The van der Waals surface area contributed by atoms with E-state index in [0.29, 0.717) is 30.3 Å². The molecule has 2 N–H and O–H groups in total. The molecular formula is C26H23ClN4O2. The number of aromatic nitrogens is 2. The SMILES string of the molecule is O=C(CCCOc1ccc(Cl)cc1)Nc1ccc(Nc2cc(-c3ccccc3)ncn2)cc1. The molecule has 0 unspecified atom stereocenters. The average molecular weight is 459 g/mol. The van der Waals surface area contributed by atoms with E-state index in [1.165, 1.54) is 6.33 Å². The van der Waals surface area contributed by atoms with Crippen molar-refractivity contribution in [3.05, 3.63) is 96.3 Å². The highest BCUT2D eigenvalue weighted by atomic mass is 35.5. The van der Waals surface area contributed by atoms with E-state index in [1.807, 2.05) is 72.8 Å². The zero-order valence-corrected chi connectivity index (χ0v) is 18.6. The number of amides is 1. The lowest BCUT2D eigenvalue weighted by Gasteiger charge is -2.09. The van der Waals surface area contributed by atoms with Gasteiger partial charge in [-0.25, -0.2) is 9.97 Å². The van der Waals surface area contributed by atoms with E-state index >= 15 is 0 Å². The fourth-order valence-corrected chi connectivity index (χ4v) is 3.28. The van der Waals surface area contributed by atoms with Crippen molar-refractivity contribution in [2.45, 2.75) is 12.8 Å². The van der Waals surface area contributed by atoms with Gasteiger partial charge in [-0.1, -0.05) is 41.9 Å². The van der Waals surface area contributed by atoms with Crippen LogP contribution in [0.1, 0.15) is 12.8 Å². The number of carbonyl (C=O) groups is 1.